The van der Waals surface area contributed by atoms with Gasteiger partial charge >= 0.3 is 0 Å². The maximum Gasteiger partial charge on any atom is 0.170 e. The lowest BCUT2D eigenvalue weighted by Gasteiger charge is -2.55. The van der Waals surface area contributed by atoms with Crippen molar-refractivity contribution in [3.8, 4) is 33.8 Å². The highest BCUT2D eigenvalue weighted by Crippen LogP contribution is 2.70. The Labute approximate surface area is 434 Å². The molecule has 3 fully saturated rings. The van der Waals surface area contributed by atoms with E-state index in [0.29, 0.717) is 31.8 Å². The molecule has 3 saturated heterocycles. The van der Waals surface area contributed by atoms with Crippen LogP contribution in [-0.2, 0) is 14.3 Å². The molecule has 73 heavy (non-hydrogen) atoms. The number of aliphatic hydroxyl groups excluding tert-OH is 2. The lowest BCUT2D eigenvalue weighted by Crippen LogP contribution is -2.52. The number of carbonyl (C=O) groups excluding carboxylic acids is 1. The fraction of sp³-hybridized carbons (Fsp3) is 0.359. The van der Waals surface area contributed by atoms with E-state index in [1.807, 2.05) is 0 Å². The molecule has 2 N–H and O–H groups in total. The molecule has 0 amide bonds. The molecule has 380 valence electrons. The Balaban J connectivity index is 0.000000168. The molecular weight excluding hydrogens is 943 g/mol. The molecule has 8 aromatic carbocycles. The number of ketones is 1. The van der Waals surface area contributed by atoms with E-state index >= 15 is 0 Å². The third-order valence-electron chi connectivity index (χ3n) is 15.0. The molecule has 1 spiro atoms. The predicted molar refractivity (Wildman–Crippen MR) is 309 cm³/mol. The van der Waals surface area contributed by atoms with Gasteiger partial charge in [0.2, 0.25) is 0 Å². The normalized spacial score (nSPS) is 18.8. The summed E-state index contributed by atoms with van der Waals surface area (Å²) in [6.07, 6.45) is 3.10. The van der Waals surface area contributed by atoms with E-state index in [-0.39, 0.29) is 33.8 Å². The standard InChI is InChI=1S/C32H35O3P.C30H31O2P.C2H6O2/c1-30(2)20-32(34-18-19-35-32)21-31(3,4)36(30)27-17-15-23-11-7-9-13-25(23)29(27)28-24-12-8-6-10-22(24)14-16-26(28)33-5;1-29(2)18-22(31)19-30(3,4)33(29)26-17-15-21-11-7-9-13-24(21)28(26)27-23-12-8-6-10-20(23)14-16-25(27)32-5;3-1-2-4/h6-17H,18-21H2,1-5H3;6-17H,18-19H2,1-5H3;3-4H,1-2H2. The van der Waals surface area contributed by atoms with Gasteiger partial charge in [-0.2, -0.15) is 0 Å². The Morgan fingerprint density at radius 1 is 0.438 bits per heavy atom. The minimum atomic E-state index is -0.647. The van der Waals surface area contributed by atoms with Crippen LogP contribution in [0.3, 0.4) is 0 Å². The van der Waals surface area contributed by atoms with Gasteiger partial charge in [-0.15, -0.1) is 0 Å². The minimum Gasteiger partial charge on any atom is -0.496 e. The van der Waals surface area contributed by atoms with Crippen molar-refractivity contribution in [3.05, 3.63) is 146 Å². The first-order valence-electron chi connectivity index (χ1n) is 25.7. The molecule has 0 aliphatic carbocycles. The molecule has 0 atom stereocenters. The van der Waals surface area contributed by atoms with Crippen molar-refractivity contribution in [2.45, 2.75) is 107 Å². The van der Waals surface area contributed by atoms with Crippen LogP contribution in [0.4, 0.5) is 0 Å². The third-order valence-corrected chi connectivity index (χ3v) is 22.2. The molecule has 0 radical (unpaired) electrons. The van der Waals surface area contributed by atoms with Gasteiger partial charge in [0, 0.05) is 47.9 Å². The predicted octanol–water partition coefficient (Wildman–Crippen LogP) is 14.5. The first-order chi connectivity index (χ1) is 34.9. The van der Waals surface area contributed by atoms with Gasteiger partial charge in [-0.05, 0) is 86.5 Å². The third kappa shape index (κ3) is 10.1. The van der Waals surface area contributed by atoms with E-state index in [4.69, 9.17) is 29.2 Å². The van der Waals surface area contributed by atoms with Crippen LogP contribution in [0.1, 0.15) is 81.1 Å². The number of ether oxygens (including phenoxy) is 4. The Morgan fingerprint density at radius 2 is 0.753 bits per heavy atom. The molecule has 8 aromatic rings. The molecule has 0 bridgehead atoms. The summed E-state index contributed by atoms with van der Waals surface area (Å²) in [7, 11) is 2.30. The van der Waals surface area contributed by atoms with Crippen molar-refractivity contribution in [1.29, 1.82) is 0 Å². The summed E-state index contributed by atoms with van der Waals surface area (Å²) < 4.78 is 24.6. The Kier molecular flexibility index (Phi) is 15.0. The zero-order chi connectivity index (χ0) is 51.9. The fourth-order valence-electron chi connectivity index (χ4n) is 13.1. The number of carbonyl (C=O) groups is 1. The van der Waals surface area contributed by atoms with Crippen molar-refractivity contribution < 1.29 is 34.0 Å². The molecule has 9 heteroatoms. The summed E-state index contributed by atoms with van der Waals surface area (Å²) in [5, 5.41) is 27.8. The quantitative estimate of drug-likeness (QED) is 0.154. The Bertz CT molecular complexity index is 3270. The van der Waals surface area contributed by atoms with Gasteiger partial charge in [0.05, 0.1) is 40.6 Å². The summed E-state index contributed by atoms with van der Waals surface area (Å²) >= 11 is 0. The Morgan fingerprint density at radius 3 is 1.10 bits per heavy atom. The van der Waals surface area contributed by atoms with Crippen molar-refractivity contribution in [1.82, 2.24) is 0 Å². The molecular formula is C64H72O7P2. The van der Waals surface area contributed by atoms with E-state index in [9.17, 15) is 4.79 Å². The minimum absolute atomic E-state index is 0.0243. The highest BCUT2D eigenvalue weighted by Gasteiger charge is 2.57. The number of methoxy groups -OCH3 is 2. The Hall–Kier alpha value is -5.23. The molecule has 3 aliphatic heterocycles. The van der Waals surface area contributed by atoms with Crippen LogP contribution in [0.25, 0.3) is 65.3 Å². The molecule has 11 rings (SSSR count). The van der Waals surface area contributed by atoms with E-state index in [1.54, 1.807) is 14.2 Å². The van der Waals surface area contributed by atoms with E-state index in [0.717, 1.165) is 29.9 Å². The molecule has 7 nitrogen and oxygen atoms in total. The summed E-state index contributed by atoms with van der Waals surface area (Å²) in [6.45, 7) is 20.0. The van der Waals surface area contributed by atoms with Crippen molar-refractivity contribution >= 4 is 75.3 Å². The average molecular weight is 1020 g/mol. The van der Waals surface area contributed by atoms with Crippen LogP contribution in [-0.4, -0.2) is 83.1 Å². The number of Topliss-reactive ketones (excluding diaryl/α,β-unsaturated/α-hetero) is 1. The maximum absolute atomic E-state index is 12.7. The largest absolute Gasteiger partial charge is 0.496 e. The topological polar surface area (TPSA) is 94.5 Å². The van der Waals surface area contributed by atoms with Gasteiger partial charge < -0.3 is 29.2 Å². The number of rotatable bonds is 7. The van der Waals surface area contributed by atoms with Gasteiger partial charge in [-0.1, -0.05) is 205 Å². The fourth-order valence-corrected chi connectivity index (χ4v) is 21.9. The average Bonchev–Trinajstić information content (AvgIpc) is 3.80. The number of aliphatic hydroxyl groups is 2. The summed E-state index contributed by atoms with van der Waals surface area (Å²) in [6, 6.07) is 52.5. The van der Waals surface area contributed by atoms with Gasteiger partial charge in [0.1, 0.15) is 17.3 Å². The SMILES string of the molecule is COc1ccc2ccccc2c1-c1c(P2C(C)(C)CC(=O)CC2(C)C)ccc2ccccc12.COc1ccc2ccccc2c1-c1c(P2C(C)(C)CC3(CC2(C)C)OCCO3)ccc2ccccc12.OCCO. The van der Waals surface area contributed by atoms with Crippen molar-refractivity contribution in [3.63, 3.8) is 0 Å². The summed E-state index contributed by atoms with van der Waals surface area (Å²) in [5.74, 6) is 1.74. The van der Waals surface area contributed by atoms with Crippen LogP contribution in [0.2, 0.25) is 0 Å². The van der Waals surface area contributed by atoms with E-state index < -0.39 is 21.6 Å². The van der Waals surface area contributed by atoms with Crippen molar-refractivity contribution in [2.75, 3.05) is 40.6 Å². The monoisotopic (exact) mass is 1010 g/mol. The number of benzene rings is 8. The smallest absolute Gasteiger partial charge is 0.170 e. The van der Waals surface area contributed by atoms with Crippen LogP contribution >= 0.6 is 15.8 Å². The zero-order valence-corrected chi connectivity index (χ0v) is 46.1. The van der Waals surface area contributed by atoms with Crippen LogP contribution in [0, 0.1) is 0 Å². The number of fused-ring (bicyclic) bond motifs is 4. The van der Waals surface area contributed by atoms with Crippen molar-refractivity contribution in [2.24, 2.45) is 0 Å². The van der Waals surface area contributed by atoms with E-state index in [2.05, 4.69) is 201 Å². The summed E-state index contributed by atoms with van der Waals surface area (Å²) in [4.78, 5) is 12.7. The highest BCUT2D eigenvalue weighted by molar-refractivity contribution is 7.69. The molecule has 0 unspecified atom stereocenters. The molecule has 0 aromatic heterocycles. The van der Waals surface area contributed by atoms with Crippen LogP contribution < -0.4 is 20.1 Å². The maximum atomic E-state index is 12.7. The number of hydrogen-bond donors (Lipinski definition) is 2. The second-order valence-corrected chi connectivity index (χ2v) is 29.5. The zero-order valence-electron chi connectivity index (χ0n) is 44.3. The van der Waals surface area contributed by atoms with Gasteiger partial charge in [-0.3, -0.25) is 4.79 Å². The molecule has 3 aliphatic rings. The summed E-state index contributed by atoms with van der Waals surface area (Å²) in [5.41, 5.74) is 4.94. The number of hydrogen-bond acceptors (Lipinski definition) is 7. The lowest BCUT2D eigenvalue weighted by atomic mass is 9.91. The first kappa shape index (κ1) is 52.6. The van der Waals surface area contributed by atoms with Crippen LogP contribution in [0.15, 0.2) is 146 Å². The molecule has 3 heterocycles. The first-order valence-corrected chi connectivity index (χ1v) is 28.4. The second kappa shape index (κ2) is 20.8. The van der Waals surface area contributed by atoms with Gasteiger partial charge in [0.25, 0.3) is 0 Å². The van der Waals surface area contributed by atoms with Gasteiger partial charge in [-0.25, -0.2) is 0 Å². The second-order valence-electron chi connectivity index (χ2n) is 22.3. The highest BCUT2D eigenvalue weighted by atomic mass is 31.1. The van der Waals surface area contributed by atoms with Crippen LogP contribution in [0.5, 0.6) is 11.5 Å². The van der Waals surface area contributed by atoms with Gasteiger partial charge in [0.15, 0.2) is 5.79 Å². The molecule has 0 saturated carbocycles. The van der Waals surface area contributed by atoms with E-state index in [1.165, 1.54) is 70.4 Å². The lowest BCUT2D eigenvalue weighted by molar-refractivity contribution is -0.178.